The lowest BCUT2D eigenvalue weighted by Crippen LogP contribution is -2.48. The fraction of sp³-hybridized carbons (Fsp3) is 0.545. The molecule has 1 aromatic heterocycles. The number of halogens is 1. The molecule has 0 spiro atoms. The quantitative estimate of drug-likeness (QED) is 0.884. The molecule has 2 nitrogen and oxygen atoms in total. The van der Waals surface area contributed by atoms with Gasteiger partial charge in [-0.15, -0.1) is 11.3 Å². The van der Waals surface area contributed by atoms with E-state index in [9.17, 15) is 4.79 Å². The Kier molecular flexibility index (Phi) is 3.14. The number of thiophene rings is 1. The van der Waals surface area contributed by atoms with Crippen molar-refractivity contribution < 1.29 is 4.79 Å². The molecule has 0 saturated heterocycles. The average Bonchev–Trinajstić information content (AvgIpc) is 2.48. The Balaban J connectivity index is 1.87. The van der Waals surface area contributed by atoms with Crippen molar-refractivity contribution in [3.8, 4) is 0 Å². The normalized spacial score (nSPS) is 18.5. The zero-order valence-corrected chi connectivity index (χ0v) is 10.0. The predicted molar refractivity (Wildman–Crippen MR) is 63.4 cm³/mol. The van der Waals surface area contributed by atoms with Gasteiger partial charge in [0.25, 0.3) is 0 Å². The summed E-state index contributed by atoms with van der Waals surface area (Å²) in [5.41, 5.74) is 5.82. The summed E-state index contributed by atoms with van der Waals surface area (Å²) >= 11 is 7.27. The number of hydrogen-bond acceptors (Lipinski definition) is 3. The second-order valence-electron chi connectivity index (χ2n) is 4.31. The number of rotatable bonds is 4. The van der Waals surface area contributed by atoms with Gasteiger partial charge in [-0.05, 0) is 31.4 Å². The Morgan fingerprint density at radius 1 is 1.53 bits per heavy atom. The van der Waals surface area contributed by atoms with Gasteiger partial charge in [0.1, 0.15) is 5.78 Å². The largest absolute Gasteiger partial charge is 0.325 e. The molecule has 0 atom stereocenters. The maximum absolute atomic E-state index is 11.7. The lowest BCUT2D eigenvalue weighted by atomic mass is 9.74. The molecular weight excluding hydrogens is 230 g/mol. The van der Waals surface area contributed by atoms with E-state index in [0.717, 1.165) is 28.5 Å². The van der Waals surface area contributed by atoms with Crippen LogP contribution < -0.4 is 5.73 Å². The standard InChI is InChI=1S/C11H14ClNOS/c12-10-3-2-9(15-10)6-8(14)7-11(13)4-1-5-11/h2-3H,1,4-7,13H2. The molecule has 0 radical (unpaired) electrons. The molecule has 0 amide bonds. The van der Waals surface area contributed by atoms with Gasteiger partial charge in [0.05, 0.1) is 4.34 Å². The lowest BCUT2D eigenvalue weighted by molar-refractivity contribution is -0.120. The summed E-state index contributed by atoms with van der Waals surface area (Å²) in [6.07, 6.45) is 4.14. The van der Waals surface area contributed by atoms with Crippen molar-refractivity contribution in [2.75, 3.05) is 0 Å². The van der Waals surface area contributed by atoms with Gasteiger partial charge in [-0.1, -0.05) is 11.6 Å². The van der Waals surface area contributed by atoms with Gasteiger partial charge < -0.3 is 5.73 Å². The van der Waals surface area contributed by atoms with E-state index < -0.39 is 0 Å². The molecule has 1 fully saturated rings. The first-order valence-electron chi connectivity index (χ1n) is 5.12. The highest BCUT2D eigenvalue weighted by Crippen LogP contribution is 2.33. The van der Waals surface area contributed by atoms with E-state index in [0.29, 0.717) is 12.8 Å². The van der Waals surface area contributed by atoms with Crippen LogP contribution in [0.2, 0.25) is 4.34 Å². The molecule has 1 aliphatic rings. The summed E-state index contributed by atoms with van der Waals surface area (Å²) in [6.45, 7) is 0. The van der Waals surface area contributed by atoms with E-state index in [1.165, 1.54) is 11.3 Å². The summed E-state index contributed by atoms with van der Waals surface area (Å²) < 4.78 is 0.740. The smallest absolute Gasteiger partial charge is 0.139 e. The van der Waals surface area contributed by atoms with E-state index in [1.807, 2.05) is 12.1 Å². The van der Waals surface area contributed by atoms with Gasteiger partial charge in [0.2, 0.25) is 0 Å². The summed E-state index contributed by atoms with van der Waals surface area (Å²) in [4.78, 5) is 12.7. The Labute approximate surface area is 98.4 Å². The van der Waals surface area contributed by atoms with Gasteiger partial charge in [0, 0.05) is 23.3 Å². The Hall–Kier alpha value is -0.380. The minimum Gasteiger partial charge on any atom is -0.325 e. The van der Waals surface area contributed by atoms with Crippen LogP contribution in [0, 0.1) is 0 Å². The van der Waals surface area contributed by atoms with Crippen molar-refractivity contribution in [3.05, 3.63) is 21.3 Å². The highest BCUT2D eigenvalue weighted by atomic mass is 35.5. The molecule has 1 saturated carbocycles. The molecular formula is C11H14ClNOS. The number of nitrogens with two attached hydrogens (primary N) is 1. The number of ketones is 1. The lowest BCUT2D eigenvalue weighted by Gasteiger charge is -2.37. The van der Waals surface area contributed by atoms with Crippen LogP contribution in [0.5, 0.6) is 0 Å². The zero-order valence-electron chi connectivity index (χ0n) is 8.46. The fourth-order valence-corrected chi connectivity index (χ4v) is 3.02. The van der Waals surface area contributed by atoms with Crippen molar-refractivity contribution >= 4 is 28.7 Å². The number of carbonyl (C=O) groups excluding carboxylic acids is 1. The molecule has 0 unspecified atom stereocenters. The first kappa shape index (κ1) is 11.1. The summed E-state index contributed by atoms with van der Waals surface area (Å²) in [5.74, 6) is 0.232. The van der Waals surface area contributed by atoms with E-state index in [-0.39, 0.29) is 11.3 Å². The Morgan fingerprint density at radius 2 is 2.27 bits per heavy atom. The highest BCUT2D eigenvalue weighted by Gasteiger charge is 2.34. The van der Waals surface area contributed by atoms with Gasteiger partial charge >= 0.3 is 0 Å². The Morgan fingerprint density at radius 3 is 2.73 bits per heavy atom. The average molecular weight is 244 g/mol. The van der Waals surface area contributed by atoms with Crippen LogP contribution in [0.3, 0.4) is 0 Å². The summed E-state index contributed by atoms with van der Waals surface area (Å²) in [7, 11) is 0. The molecule has 0 aromatic carbocycles. The van der Waals surface area contributed by atoms with Crippen LogP contribution in [0.25, 0.3) is 0 Å². The maximum atomic E-state index is 11.7. The van der Waals surface area contributed by atoms with E-state index in [1.54, 1.807) is 0 Å². The third-order valence-corrected chi connectivity index (χ3v) is 4.13. The maximum Gasteiger partial charge on any atom is 0.139 e. The van der Waals surface area contributed by atoms with Crippen LogP contribution in [-0.2, 0) is 11.2 Å². The molecule has 1 heterocycles. The minimum absolute atomic E-state index is 0.196. The van der Waals surface area contributed by atoms with Crippen molar-refractivity contribution in [2.24, 2.45) is 5.73 Å². The molecule has 0 bridgehead atoms. The number of hydrogen-bond donors (Lipinski definition) is 1. The van der Waals surface area contributed by atoms with Crippen molar-refractivity contribution in [3.63, 3.8) is 0 Å². The van der Waals surface area contributed by atoms with E-state index in [2.05, 4.69) is 0 Å². The molecule has 1 aromatic rings. The molecule has 1 aliphatic carbocycles. The van der Waals surface area contributed by atoms with Crippen LogP contribution in [-0.4, -0.2) is 11.3 Å². The van der Waals surface area contributed by atoms with Gasteiger partial charge in [0.15, 0.2) is 0 Å². The third kappa shape index (κ3) is 2.80. The van der Waals surface area contributed by atoms with Crippen LogP contribution >= 0.6 is 22.9 Å². The van der Waals surface area contributed by atoms with Crippen LogP contribution in [0.4, 0.5) is 0 Å². The van der Waals surface area contributed by atoms with Crippen molar-refractivity contribution in [2.45, 2.75) is 37.6 Å². The SMILES string of the molecule is NC1(CC(=O)Cc2ccc(Cl)s2)CCC1. The van der Waals surface area contributed by atoms with E-state index >= 15 is 0 Å². The first-order valence-corrected chi connectivity index (χ1v) is 6.32. The summed E-state index contributed by atoms with van der Waals surface area (Å²) in [5, 5.41) is 0. The minimum atomic E-state index is -0.196. The van der Waals surface area contributed by atoms with Crippen LogP contribution in [0.1, 0.15) is 30.6 Å². The molecule has 2 rings (SSSR count). The second kappa shape index (κ2) is 4.24. The molecule has 0 aliphatic heterocycles. The molecule has 2 N–H and O–H groups in total. The molecule has 4 heteroatoms. The van der Waals surface area contributed by atoms with Crippen LogP contribution in [0.15, 0.2) is 12.1 Å². The Bertz CT molecular complexity index is 370. The van der Waals surface area contributed by atoms with Gasteiger partial charge in [-0.3, -0.25) is 4.79 Å². The van der Waals surface area contributed by atoms with E-state index in [4.69, 9.17) is 17.3 Å². The molecule has 15 heavy (non-hydrogen) atoms. The topological polar surface area (TPSA) is 43.1 Å². The number of carbonyl (C=O) groups is 1. The van der Waals surface area contributed by atoms with Crippen molar-refractivity contribution in [1.82, 2.24) is 0 Å². The zero-order chi connectivity index (χ0) is 10.9. The van der Waals surface area contributed by atoms with Gasteiger partial charge in [-0.25, -0.2) is 0 Å². The number of Topliss-reactive ketones (excluding diaryl/α,β-unsaturated/α-hetero) is 1. The third-order valence-electron chi connectivity index (χ3n) is 2.90. The highest BCUT2D eigenvalue weighted by molar-refractivity contribution is 7.16. The summed E-state index contributed by atoms with van der Waals surface area (Å²) in [6, 6.07) is 3.74. The molecule has 82 valence electrons. The fourth-order valence-electron chi connectivity index (χ4n) is 1.90. The van der Waals surface area contributed by atoms with Crippen molar-refractivity contribution in [1.29, 1.82) is 0 Å². The first-order chi connectivity index (χ1) is 7.07. The predicted octanol–water partition coefficient (Wildman–Crippen LogP) is 2.78. The van der Waals surface area contributed by atoms with Gasteiger partial charge in [-0.2, -0.15) is 0 Å². The second-order valence-corrected chi connectivity index (χ2v) is 6.11. The monoisotopic (exact) mass is 243 g/mol.